The summed E-state index contributed by atoms with van der Waals surface area (Å²) in [5.74, 6) is 1.71. The van der Waals surface area contributed by atoms with Crippen molar-refractivity contribution in [2.45, 2.75) is 39.0 Å². The van der Waals surface area contributed by atoms with Crippen molar-refractivity contribution in [1.82, 2.24) is 0 Å². The number of nitrogen functional groups attached to an aromatic ring is 1. The molecule has 0 spiro atoms. The number of unbranched alkanes of at least 4 members (excludes halogenated alkanes) is 1. The van der Waals surface area contributed by atoms with E-state index < -0.39 is 0 Å². The summed E-state index contributed by atoms with van der Waals surface area (Å²) in [6, 6.07) is 8.12. The Balaban J connectivity index is 1.65. The van der Waals surface area contributed by atoms with Crippen LogP contribution in [-0.2, 0) is 6.42 Å². The molecular weight excluding hydrogens is 392 g/mol. The van der Waals surface area contributed by atoms with Gasteiger partial charge in [0.1, 0.15) is 0 Å². The van der Waals surface area contributed by atoms with Crippen molar-refractivity contribution in [3.05, 3.63) is 76.7 Å². The van der Waals surface area contributed by atoms with Crippen LogP contribution in [0, 0.1) is 5.41 Å². The van der Waals surface area contributed by atoms with Gasteiger partial charge < -0.3 is 20.9 Å². The molecule has 4 nitrogen and oxygen atoms in total. The van der Waals surface area contributed by atoms with Crippen LogP contribution in [0.5, 0.6) is 11.5 Å². The predicted octanol–water partition coefficient (Wildman–Crippen LogP) is 5.87. The molecule has 0 saturated carbocycles. The predicted molar refractivity (Wildman–Crippen MR) is 127 cm³/mol. The van der Waals surface area contributed by atoms with E-state index in [0.29, 0.717) is 13.2 Å². The Kier molecular flexibility index (Phi) is 7.63. The molecule has 4 N–H and O–H groups in total. The van der Waals surface area contributed by atoms with Crippen LogP contribution in [0.4, 0.5) is 5.69 Å². The molecule has 1 aromatic carbocycles. The van der Waals surface area contributed by atoms with E-state index in [9.17, 15) is 0 Å². The van der Waals surface area contributed by atoms with E-state index in [2.05, 4.69) is 24.8 Å². The van der Waals surface area contributed by atoms with Crippen LogP contribution in [0.1, 0.15) is 38.2 Å². The maximum Gasteiger partial charge on any atom is 0.171 e. The molecule has 1 aliphatic rings. The van der Waals surface area contributed by atoms with Crippen LogP contribution in [0.25, 0.3) is 0 Å². The van der Waals surface area contributed by atoms with Gasteiger partial charge in [0.15, 0.2) is 11.5 Å². The molecule has 1 aliphatic heterocycles. The SMILES string of the molecule is C=CC/C(C)=C(N)\C=C/CCCC1(Cc2ccc(N)cc2)COc2cscc2OC1. The summed E-state index contributed by atoms with van der Waals surface area (Å²) in [5, 5.41) is 4.02. The highest BCUT2D eigenvalue weighted by molar-refractivity contribution is 7.08. The molecule has 30 heavy (non-hydrogen) atoms. The monoisotopic (exact) mass is 424 g/mol. The van der Waals surface area contributed by atoms with Gasteiger partial charge in [0.25, 0.3) is 0 Å². The van der Waals surface area contributed by atoms with Gasteiger partial charge in [-0.3, -0.25) is 0 Å². The molecule has 0 fully saturated rings. The first-order valence-corrected chi connectivity index (χ1v) is 11.3. The number of allylic oxidation sites excluding steroid dienone is 4. The zero-order valence-electron chi connectivity index (χ0n) is 17.7. The minimum absolute atomic E-state index is 0.0826. The highest BCUT2D eigenvalue weighted by Gasteiger charge is 2.35. The fraction of sp³-hybridized carbons (Fsp3) is 0.360. The third-order valence-electron chi connectivity index (χ3n) is 5.54. The first kappa shape index (κ1) is 22.0. The topological polar surface area (TPSA) is 70.5 Å². The Morgan fingerprint density at radius 2 is 1.83 bits per heavy atom. The highest BCUT2D eigenvalue weighted by atomic mass is 32.1. The van der Waals surface area contributed by atoms with Crippen molar-refractivity contribution in [2.24, 2.45) is 11.1 Å². The van der Waals surface area contributed by atoms with Crippen LogP contribution in [-0.4, -0.2) is 13.2 Å². The van der Waals surface area contributed by atoms with Gasteiger partial charge in [-0.15, -0.1) is 17.9 Å². The summed E-state index contributed by atoms with van der Waals surface area (Å²) in [7, 11) is 0. The molecule has 0 amide bonds. The normalized spacial score (nSPS) is 16.2. The highest BCUT2D eigenvalue weighted by Crippen LogP contribution is 2.40. The number of thiophene rings is 1. The zero-order valence-corrected chi connectivity index (χ0v) is 18.5. The van der Waals surface area contributed by atoms with Gasteiger partial charge >= 0.3 is 0 Å². The number of benzene rings is 1. The molecule has 5 heteroatoms. The third-order valence-corrected chi connectivity index (χ3v) is 6.24. The van der Waals surface area contributed by atoms with Gasteiger partial charge in [0, 0.05) is 27.6 Å². The largest absolute Gasteiger partial charge is 0.488 e. The lowest BCUT2D eigenvalue weighted by molar-refractivity contribution is 0.0914. The maximum atomic E-state index is 6.16. The number of nitrogens with two attached hydrogens (primary N) is 2. The second-order valence-electron chi connectivity index (χ2n) is 8.12. The standard InChI is InChI=1S/C25H32N2O2S/c1-3-7-19(2)22(27)8-5-4-6-13-25(14-20-9-11-21(26)12-10-20)17-28-23-15-30-16-24(23)29-18-25/h3,5,8-12,15-16H,1,4,6-7,13-14,17-18,26-27H2,2H3/b8-5-,22-19+. The summed E-state index contributed by atoms with van der Waals surface area (Å²) in [4.78, 5) is 0. The van der Waals surface area contributed by atoms with Crippen LogP contribution < -0.4 is 20.9 Å². The number of anilines is 1. The van der Waals surface area contributed by atoms with Crippen LogP contribution in [0.3, 0.4) is 0 Å². The Labute approximate surface area is 183 Å². The summed E-state index contributed by atoms with van der Waals surface area (Å²) in [6.45, 7) is 7.10. The van der Waals surface area contributed by atoms with Gasteiger partial charge in [-0.25, -0.2) is 0 Å². The molecule has 0 radical (unpaired) electrons. The summed E-state index contributed by atoms with van der Waals surface area (Å²) >= 11 is 1.61. The van der Waals surface area contributed by atoms with Gasteiger partial charge in [-0.2, -0.15) is 0 Å². The van der Waals surface area contributed by atoms with E-state index in [1.165, 1.54) is 5.56 Å². The fourth-order valence-corrected chi connectivity index (χ4v) is 4.36. The third kappa shape index (κ3) is 5.92. The second kappa shape index (κ2) is 10.4. The lowest BCUT2D eigenvalue weighted by atomic mass is 9.78. The molecule has 0 atom stereocenters. The Morgan fingerprint density at radius 1 is 1.17 bits per heavy atom. The van der Waals surface area contributed by atoms with Gasteiger partial charge in [-0.1, -0.05) is 24.3 Å². The van der Waals surface area contributed by atoms with E-state index in [4.69, 9.17) is 20.9 Å². The Morgan fingerprint density at radius 3 is 2.47 bits per heavy atom. The number of rotatable bonds is 9. The van der Waals surface area contributed by atoms with Crippen molar-refractivity contribution in [1.29, 1.82) is 0 Å². The quantitative estimate of drug-likeness (QED) is 0.229. The minimum Gasteiger partial charge on any atom is -0.488 e. The van der Waals surface area contributed by atoms with E-state index in [-0.39, 0.29) is 5.41 Å². The smallest absolute Gasteiger partial charge is 0.171 e. The van der Waals surface area contributed by atoms with Gasteiger partial charge in [0.05, 0.1) is 13.2 Å². The molecule has 0 saturated heterocycles. The lowest BCUT2D eigenvalue weighted by Crippen LogP contribution is -2.36. The number of ether oxygens (including phenoxy) is 2. The Bertz CT molecular complexity index is 874. The van der Waals surface area contributed by atoms with Gasteiger partial charge in [-0.05, 0) is 68.4 Å². The molecule has 0 bridgehead atoms. The lowest BCUT2D eigenvalue weighted by Gasteiger charge is -2.31. The average Bonchev–Trinajstić information content (AvgIpc) is 3.13. The molecular formula is C25H32N2O2S. The second-order valence-corrected chi connectivity index (χ2v) is 8.86. The molecule has 2 heterocycles. The minimum atomic E-state index is -0.0826. The molecule has 0 unspecified atom stereocenters. The van der Waals surface area contributed by atoms with E-state index in [0.717, 1.165) is 60.6 Å². The summed E-state index contributed by atoms with van der Waals surface area (Å²) in [6.07, 6.45) is 10.8. The molecule has 3 rings (SSSR count). The Hall–Kier alpha value is -2.66. The number of fused-ring (bicyclic) bond motifs is 1. The van der Waals surface area contributed by atoms with Crippen molar-refractivity contribution in [2.75, 3.05) is 18.9 Å². The van der Waals surface area contributed by atoms with Crippen LogP contribution in [0.2, 0.25) is 0 Å². The number of hydrogen-bond donors (Lipinski definition) is 2. The fourth-order valence-electron chi connectivity index (χ4n) is 3.67. The molecule has 160 valence electrons. The van der Waals surface area contributed by atoms with Crippen LogP contribution >= 0.6 is 11.3 Å². The van der Waals surface area contributed by atoms with Crippen LogP contribution in [0.15, 0.2) is 71.1 Å². The van der Waals surface area contributed by atoms with E-state index >= 15 is 0 Å². The number of hydrogen-bond acceptors (Lipinski definition) is 5. The first-order valence-electron chi connectivity index (χ1n) is 10.4. The average molecular weight is 425 g/mol. The zero-order chi connectivity index (χ0) is 21.4. The van der Waals surface area contributed by atoms with E-state index in [1.54, 1.807) is 11.3 Å². The van der Waals surface area contributed by atoms with E-state index in [1.807, 2.05) is 42.0 Å². The van der Waals surface area contributed by atoms with Gasteiger partial charge in [0.2, 0.25) is 0 Å². The molecule has 1 aromatic heterocycles. The summed E-state index contributed by atoms with van der Waals surface area (Å²) in [5.41, 5.74) is 15.9. The van der Waals surface area contributed by atoms with Crippen molar-refractivity contribution >= 4 is 17.0 Å². The summed E-state index contributed by atoms with van der Waals surface area (Å²) < 4.78 is 12.3. The van der Waals surface area contributed by atoms with Crippen molar-refractivity contribution < 1.29 is 9.47 Å². The first-order chi connectivity index (χ1) is 14.5. The maximum absolute atomic E-state index is 6.16. The molecule has 2 aromatic rings. The van der Waals surface area contributed by atoms with Crippen molar-refractivity contribution in [3.8, 4) is 11.5 Å². The molecule has 0 aliphatic carbocycles. The van der Waals surface area contributed by atoms with Crippen molar-refractivity contribution in [3.63, 3.8) is 0 Å².